The highest BCUT2D eigenvalue weighted by atomic mass is 15.0. The van der Waals surface area contributed by atoms with Crippen LogP contribution in [0, 0.1) is 6.92 Å². The van der Waals surface area contributed by atoms with E-state index in [2.05, 4.69) is 30.4 Å². The molecule has 0 amide bonds. The van der Waals surface area contributed by atoms with Crippen molar-refractivity contribution in [3.63, 3.8) is 0 Å². The molecule has 1 aromatic carbocycles. The van der Waals surface area contributed by atoms with Crippen LogP contribution in [0.1, 0.15) is 29.5 Å². The van der Waals surface area contributed by atoms with Gasteiger partial charge < -0.3 is 5.32 Å². The number of nitrogens with one attached hydrogen (secondary N) is 1. The van der Waals surface area contributed by atoms with E-state index in [1.807, 2.05) is 0 Å². The highest BCUT2D eigenvalue weighted by molar-refractivity contribution is 5.38. The van der Waals surface area contributed by atoms with Gasteiger partial charge in [-0.3, -0.25) is 0 Å². The molecular weight excluding hydrogens is 170 g/mol. The molecule has 1 spiro atoms. The number of rotatable bonds is 0. The van der Waals surface area contributed by atoms with Crippen LogP contribution in [0.2, 0.25) is 0 Å². The zero-order valence-electron chi connectivity index (χ0n) is 8.77. The van der Waals surface area contributed by atoms with Crippen LogP contribution in [-0.2, 0) is 12.8 Å². The Labute approximate surface area is 85.5 Å². The summed E-state index contributed by atoms with van der Waals surface area (Å²) in [5, 5.41) is 3.71. The van der Waals surface area contributed by atoms with Crippen LogP contribution in [0.3, 0.4) is 0 Å². The molecule has 1 aliphatic carbocycles. The summed E-state index contributed by atoms with van der Waals surface area (Å²) < 4.78 is 0. The normalized spacial score (nSPS) is 22.9. The largest absolute Gasteiger partial charge is 0.311 e. The Bertz CT molecular complexity index is 363. The first-order chi connectivity index (χ1) is 6.79. The molecule has 1 fully saturated rings. The van der Waals surface area contributed by atoms with E-state index in [0.29, 0.717) is 5.54 Å². The molecule has 1 heterocycles. The lowest BCUT2D eigenvalue weighted by Crippen LogP contribution is -2.32. The van der Waals surface area contributed by atoms with Crippen LogP contribution in [0.4, 0.5) is 0 Å². The number of aryl methyl sites for hydroxylation is 1. The average Bonchev–Trinajstić information content (AvgIpc) is 2.94. The third kappa shape index (κ3) is 1.27. The van der Waals surface area contributed by atoms with E-state index in [4.69, 9.17) is 0 Å². The van der Waals surface area contributed by atoms with Crippen LogP contribution in [-0.4, -0.2) is 12.1 Å². The second-order valence-corrected chi connectivity index (χ2v) is 4.85. The van der Waals surface area contributed by atoms with E-state index in [1.54, 1.807) is 11.1 Å². The second kappa shape index (κ2) is 2.83. The summed E-state index contributed by atoms with van der Waals surface area (Å²) in [6.45, 7) is 3.41. The van der Waals surface area contributed by atoms with Crippen molar-refractivity contribution in [2.24, 2.45) is 0 Å². The van der Waals surface area contributed by atoms with Gasteiger partial charge in [-0.05, 0) is 55.8 Å². The van der Waals surface area contributed by atoms with Gasteiger partial charge in [-0.1, -0.05) is 18.2 Å². The van der Waals surface area contributed by atoms with Crippen molar-refractivity contribution in [2.75, 3.05) is 6.54 Å². The molecule has 14 heavy (non-hydrogen) atoms. The van der Waals surface area contributed by atoms with E-state index in [9.17, 15) is 0 Å². The summed E-state index contributed by atoms with van der Waals surface area (Å²) in [5.41, 5.74) is 5.17. The number of fused-ring (bicyclic) bond motifs is 1. The van der Waals surface area contributed by atoms with Crippen molar-refractivity contribution in [3.8, 4) is 0 Å². The Morgan fingerprint density at radius 2 is 2.14 bits per heavy atom. The van der Waals surface area contributed by atoms with E-state index >= 15 is 0 Å². The van der Waals surface area contributed by atoms with Gasteiger partial charge in [-0.25, -0.2) is 0 Å². The number of hydrogen-bond donors (Lipinski definition) is 1. The van der Waals surface area contributed by atoms with Crippen LogP contribution < -0.4 is 5.32 Å². The summed E-state index contributed by atoms with van der Waals surface area (Å²) in [5.74, 6) is 0. The molecule has 0 aromatic heterocycles. The van der Waals surface area contributed by atoms with Gasteiger partial charge in [-0.2, -0.15) is 0 Å². The standard InChI is InChI=1S/C13H17N/c1-10-3-2-4-11-5-8-14-13(6-7-13)9-12(10)11/h2-4,14H,5-9H2,1H3. The predicted octanol–water partition coefficient (Wildman–Crippen LogP) is 2.22. The minimum absolute atomic E-state index is 0.497. The fourth-order valence-electron chi connectivity index (χ4n) is 2.62. The first-order valence-corrected chi connectivity index (χ1v) is 5.62. The Morgan fingerprint density at radius 3 is 2.93 bits per heavy atom. The van der Waals surface area contributed by atoms with Gasteiger partial charge in [0.05, 0.1) is 0 Å². The minimum atomic E-state index is 0.497. The van der Waals surface area contributed by atoms with Crippen molar-refractivity contribution in [1.82, 2.24) is 5.32 Å². The van der Waals surface area contributed by atoms with Crippen molar-refractivity contribution >= 4 is 0 Å². The molecule has 1 aliphatic heterocycles. The predicted molar refractivity (Wildman–Crippen MR) is 58.6 cm³/mol. The van der Waals surface area contributed by atoms with Crippen molar-refractivity contribution < 1.29 is 0 Å². The molecule has 0 radical (unpaired) electrons. The van der Waals surface area contributed by atoms with Crippen LogP contribution in [0.15, 0.2) is 18.2 Å². The van der Waals surface area contributed by atoms with Crippen LogP contribution in [0.25, 0.3) is 0 Å². The number of benzene rings is 1. The van der Waals surface area contributed by atoms with Gasteiger partial charge >= 0.3 is 0 Å². The summed E-state index contributed by atoms with van der Waals surface area (Å²) in [6.07, 6.45) is 5.22. The summed E-state index contributed by atoms with van der Waals surface area (Å²) in [7, 11) is 0. The molecular formula is C13H17N. The van der Waals surface area contributed by atoms with Gasteiger partial charge in [0.1, 0.15) is 0 Å². The van der Waals surface area contributed by atoms with Gasteiger partial charge in [0.2, 0.25) is 0 Å². The molecule has 1 nitrogen and oxygen atoms in total. The van der Waals surface area contributed by atoms with Gasteiger partial charge in [0.15, 0.2) is 0 Å². The van der Waals surface area contributed by atoms with Crippen molar-refractivity contribution in [1.29, 1.82) is 0 Å². The SMILES string of the molecule is Cc1cccc2c1CC1(CC1)NCC2. The van der Waals surface area contributed by atoms with E-state index in [1.165, 1.54) is 31.2 Å². The molecule has 0 unspecified atom stereocenters. The maximum Gasteiger partial charge on any atom is 0.0223 e. The fourth-order valence-corrected chi connectivity index (χ4v) is 2.62. The topological polar surface area (TPSA) is 12.0 Å². The maximum absolute atomic E-state index is 3.71. The van der Waals surface area contributed by atoms with Gasteiger partial charge in [0.25, 0.3) is 0 Å². The third-order valence-electron chi connectivity index (χ3n) is 3.77. The monoisotopic (exact) mass is 187 g/mol. The average molecular weight is 187 g/mol. The second-order valence-electron chi connectivity index (χ2n) is 4.85. The Morgan fingerprint density at radius 1 is 1.29 bits per heavy atom. The Balaban J connectivity index is 2.04. The third-order valence-corrected chi connectivity index (χ3v) is 3.77. The number of hydrogen-bond acceptors (Lipinski definition) is 1. The molecule has 1 heteroatoms. The molecule has 1 saturated carbocycles. The molecule has 74 valence electrons. The van der Waals surface area contributed by atoms with Gasteiger partial charge in [-0.15, -0.1) is 0 Å². The molecule has 0 saturated heterocycles. The first-order valence-electron chi connectivity index (χ1n) is 5.62. The lowest BCUT2D eigenvalue weighted by molar-refractivity contribution is 0.514. The van der Waals surface area contributed by atoms with Crippen LogP contribution >= 0.6 is 0 Å². The Kier molecular flexibility index (Phi) is 1.72. The summed E-state index contributed by atoms with van der Waals surface area (Å²) in [6, 6.07) is 6.74. The molecule has 3 rings (SSSR count). The molecule has 1 aromatic rings. The lowest BCUT2D eigenvalue weighted by atomic mass is 9.95. The molecule has 1 N–H and O–H groups in total. The van der Waals surface area contributed by atoms with E-state index < -0.39 is 0 Å². The highest BCUT2D eigenvalue weighted by Crippen LogP contribution is 2.41. The maximum atomic E-state index is 3.71. The fraction of sp³-hybridized carbons (Fsp3) is 0.538. The zero-order valence-corrected chi connectivity index (χ0v) is 8.77. The van der Waals surface area contributed by atoms with Gasteiger partial charge in [0, 0.05) is 5.54 Å². The quantitative estimate of drug-likeness (QED) is 0.656. The highest BCUT2D eigenvalue weighted by Gasteiger charge is 2.43. The van der Waals surface area contributed by atoms with E-state index in [-0.39, 0.29) is 0 Å². The summed E-state index contributed by atoms with van der Waals surface area (Å²) in [4.78, 5) is 0. The minimum Gasteiger partial charge on any atom is -0.311 e. The smallest absolute Gasteiger partial charge is 0.0223 e. The molecule has 0 bridgehead atoms. The Hall–Kier alpha value is -0.820. The lowest BCUT2D eigenvalue weighted by Gasteiger charge is -2.15. The van der Waals surface area contributed by atoms with Crippen LogP contribution in [0.5, 0.6) is 0 Å². The van der Waals surface area contributed by atoms with Crippen molar-refractivity contribution in [2.45, 2.75) is 38.1 Å². The summed E-state index contributed by atoms with van der Waals surface area (Å²) >= 11 is 0. The molecule has 2 aliphatic rings. The van der Waals surface area contributed by atoms with E-state index in [0.717, 1.165) is 6.54 Å². The zero-order chi connectivity index (χ0) is 9.60. The first kappa shape index (κ1) is 8.49. The van der Waals surface area contributed by atoms with Crippen molar-refractivity contribution in [3.05, 3.63) is 34.9 Å². The molecule has 0 atom stereocenters.